The molecule has 1 radical (unpaired) electrons. The van der Waals surface area contributed by atoms with Crippen LogP contribution in [0.15, 0.2) is 121 Å². The SMILES string of the molecule is [Cu+2].c1ccc([P-]c2ccccc2)cc1.c1ccc([P-]c2ccccc2)cc1. The summed E-state index contributed by atoms with van der Waals surface area (Å²) in [5, 5.41) is 5.37. The molecule has 0 saturated heterocycles. The quantitative estimate of drug-likeness (QED) is 0.308. The van der Waals surface area contributed by atoms with Crippen molar-refractivity contribution in [2.75, 3.05) is 0 Å². The molecular formula is C24H20CuP2. The molecule has 4 aromatic carbocycles. The molecule has 0 spiro atoms. The largest absolute Gasteiger partial charge is 2.00 e. The average molecular weight is 434 g/mol. The van der Waals surface area contributed by atoms with Crippen molar-refractivity contribution in [1.82, 2.24) is 0 Å². The number of hydrogen-bond donors (Lipinski definition) is 0. The van der Waals surface area contributed by atoms with Gasteiger partial charge >= 0.3 is 17.1 Å². The molecule has 0 N–H and O–H groups in total. The average Bonchev–Trinajstić information content (AvgIpc) is 2.72. The van der Waals surface area contributed by atoms with E-state index in [1.165, 1.54) is 38.4 Å². The maximum atomic E-state index is 2.15. The Labute approximate surface area is 176 Å². The molecule has 0 aromatic heterocycles. The van der Waals surface area contributed by atoms with Crippen LogP contribution in [0.3, 0.4) is 0 Å². The monoisotopic (exact) mass is 433 g/mol. The third-order valence-corrected chi connectivity index (χ3v) is 5.77. The van der Waals surface area contributed by atoms with Gasteiger partial charge in [0.15, 0.2) is 0 Å². The van der Waals surface area contributed by atoms with Crippen LogP contribution in [-0.2, 0) is 17.1 Å². The van der Waals surface area contributed by atoms with Gasteiger partial charge < -0.3 is 17.2 Å². The van der Waals surface area contributed by atoms with Crippen LogP contribution in [0.1, 0.15) is 0 Å². The van der Waals surface area contributed by atoms with E-state index in [1.807, 2.05) is 24.3 Å². The Morgan fingerprint density at radius 1 is 0.296 bits per heavy atom. The summed E-state index contributed by atoms with van der Waals surface area (Å²) in [4.78, 5) is 0. The van der Waals surface area contributed by atoms with Gasteiger partial charge in [0.1, 0.15) is 0 Å². The van der Waals surface area contributed by atoms with Crippen molar-refractivity contribution in [2.45, 2.75) is 0 Å². The van der Waals surface area contributed by atoms with E-state index in [9.17, 15) is 0 Å². The maximum Gasteiger partial charge on any atom is 2.00 e. The minimum Gasteiger partial charge on any atom is -0.472 e. The van der Waals surface area contributed by atoms with Crippen molar-refractivity contribution in [1.29, 1.82) is 0 Å². The van der Waals surface area contributed by atoms with Crippen molar-refractivity contribution in [3.05, 3.63) is 121 Å². The number of rotatable bonds is 4. The second kappa shape index (κ2) is 12.6. The third-order valence-electron chi connectivity index (χ3n) is 3.54. The van der Waals surface area contributed by atoms with Crippen LogP contribution in [-0.4, -0.2) is 0 Å². The Morgan fingerprint density at radius 3 is 0.667 bits per heavy atom. The molecule has 3 heteroatoms. The van der Waals surface area contributed by atoms with Crippen molar-refractivity contribution in [2.24, 2.45) is 0 Å². The van der Waals surface area contributed by atoms with Gasteiger partial charge in [-0.1, -0.05) is 121 Å². The zero-order valence-electron chi connectivity index (χ0n) is 14.7. The Bertz CT molecular complexity index is 715. The molecule has 0 aliphatic carbocycles. The molecule has 0 fully saturated rings. The van der Waals surface area contributed by atoms with Gasteiger partial charge in [-0.2, -0.15) is 0 Å². The van der Waals surface area contributed by atoms with E-state index in [4.69, 9.17) is 0 Å². The van der Waals surface area contributed by atoms with Crippen LogP contribution < -0.4 is 21.2 Å². The van der Waals surface area contributed by atoms with Gasteiger partial charge in [0.05, 0.1) is 0 Å². The summed E-state index contributed by atoms with van der Waals surface area (Å²) >= 11 is 0. The minimum absolute atomic E-state index is 0. The summed E-state index contributed by atoms with van der Waals surface area (Å²) in [6, 6.07) is 42.0. The minimum atomic E-state index is 0. The zero-order valence-corrected chi connectivity index (χ0v) is 17.5. The molecule has 0 bridgehead atoms. The Morgan fingerprint density at radius 2 is 0.481 bits per heavy atom. The third kappa shape index (κ3) is 8.21. The van der Waals surface area contributed by atoms with Crippen LogP contribution in [0.25, 0.3) is 0 Å². The van der Waals surface area contributed by atoms with Gasteiger partial charge in [0.25, 0.3) is 0 Å². The second-order valence-corrected chi connectivity index (χ2v) is 8.08. The molecule has 0 heterocycles. The van der Waals surface area contributed by atoms with Crippen LogP contribution in [0, 0.1) is 0 Å². The van der Waals surface area contributed by atoms with E-state index in [1.54, 1.807) is 0 Å². The Hall–Kier alpha value is -1.74. The van der Waals surface area contributed by atoms with Crippen LogP contribution in [0.4, 0.5) is 0 Å². The first-order valence-corrected chi connectivity index (χ1v) is 10.3. The Balaban J connectivity index is 0.000000187. The fourth-order valence-electron chi connectivity index (χ4n) is 2.31. The van der Waals surface area contributed by atoms with Gasteiger partial charge in [-0.05, 0) is 0 Å². The van der Waals surface area contributed by atoms with E-state index < -0.39 is 0 Å². The summed E-state index contributed by atoms with van der Waals surface area (Å²) in [5.74, 6) is 0. The molecule has 0 aliphatic heterocycles. The summed E-state index contributed by atoms with van der Waals surface area (Å²) in [6.45, 7) is 0. The maximum absolute atomic E-state index is 2.15. The van der Waals surface area contributed by atoms with Crippen molar-refractivity contribution >= 4 is 38.4 Å². The molecule has 0 nitrogen and oxygen atoms in total. The predicted molar refractivity (Wildman–Crippen MR) is 118 cm³/mol. The van der Waals surface area contributed by atoms with E-state index in [2.05, 4.69) is 97.1 Å². The summed E-state index contributed by atoms with van der Waals surface area (Å²) in [7, 11) is 2.56. The van der Waals surface area contributed by atoms with Gasteiger partial charge in [-0.25, -0.2) is 21.2 Å². The molecule has 4 rings (SSSR count). The van der Waals surface area contributed by atoms with E-state index in [0.717, 1.165) is 0 Å². The molecule has 0 amide bonds. The van der Waals surface area contributed by atoms with Crippen LogP contribution in [0.5, 0.6) is 0 Å². The normalized spacial score (nSPS) is 9.48. The van der Waals surface area contributed by atoms with Crippen molar-refractivity contribution in [3.63, 3.8) is 0 Å². The van der Waals surface area contributed by atoms with Gasteiger partial charge in [0, 0.05) is 0 Å². The topological polar surface area (TPSA) is 0 Å². The first kappa shape index (κ1) is 21.6. The molecule has 0 aliphatic rings. The molecule has 0 atom stereocenters. The van der Waals surface area contributed by atoms with E-state index >= 15 is 0 Å². The molecular weight excluding hydrogens is 414 g/mol. The molecule has 0 unspecified atom stereocenters. The standard InChI is InChI=1S/2C12H10P.Cu/c2*1-3-7-11(8-4-1)13-12-9-5-2-6-10-12;/h2*1-10H;/q2*-1;+2. The molecule has 0 saturated carbocycles. The number of hydrogen-bond acceptors (Lipinski definition) is 0. The fraction of sp³-hybridized carbons (Fsp3) is 0. The zero-order chi connectivity index (χ0) is 17.9. The predicted octanol–water partition coefficient (Wildman–Crippen LogP) is 5.16. The first-order valence-electron chi connectivity index (χ1n) is 8.54. The van der Waals surface area contributed by atoms with Gasteiger partial charge in [-0.15, -0.1) is 0 Å². The smallest absolute Gasteiger partial charge is 0.472 e. The van der Waals surface area contributed by atoms with E-state index in [-0.39, 0.29) is 17.1 Å². The van der Waals surface area contributed by atoms with E-state index in [0.29, 0.717) is 0 Å². The number of benzene rings is 4. The van der Waals surface area contributed by atoms with Crippen molar-refractivity contribution in [3.8, 4) is 0 Å². The summed E-state index contributed by atoms with van der Waals surface area (Å²) in [6.07, 6.45) is 0. The Kier molecular flexibility index (Phi) is 10.1. The fourth-order valence-corrected chi connectivity index (χ4v) is 4.19. The second-order valence-electron chi connectivity index (χ2n) is 5.57. The van der Waals surface area contributed by atoms with Crippen LogP contribution in [0.2, 0.25) is 0 Å². The summed E-state index contributed by atoms with van der Waals surface area (Å²) in [5.41, 5.74) is 0. The van der Waals surface area contributed by atoms with Crippen LogP contribution >= 0.6 is 17.2 Å². The molecule has 27 heavy (non-hydrogen) atoms. The van der Waals surface area contributed by atoms with Gasteiger partial charge in [-0.3, -0.25) is 0 Å². The molecule has 137 valence electrons. The summed E-state index contributed by atoms with van der Waals surface area (Å²) < 4.78 is 0. The van der Waals surface area contributed by atoms with Crippen molar-refractivity contribution < 1.29 is 17.1 Å². The first-order chi connectivity index (χ1) is 12.9. The van der Waals surface area contributed by atoms with Gasteiger partial charge in [0.2, 0.25) is 0 Å². The molecule has 4 aromatic rings.